The highest BCUT2D eigenvalue weighted by atomic mass is 16.2. The third kappa shape index (κ3) is 1.92. The fourth-order valence-corrected chi connectivity index (χ4v) is 2.37. The number of rotatable bonds is 3. The van der Waals surface area contributed by atoms with Gasteiger partial charge in [0.25, 0.3) is 5.91 Å². The van der Waals surface area contributed by atoms with Crippen molar-refractivity contribution in [2.24, 2.45) is 18.8 Å². The summed E-state index contributed by atoms with van der Waals surface area (Å²) in [6, 6.07) is 7.14. The lowest BCUT2D eigenvalue weighted by Gasteiger charge is -2.03. The molecule has 3 rings (SSSR count). The molecule has 1 amide bonds. The quantitative estimate of drug-likeness (QED) is 0.377. The number of ketones is 1. The van der Waals surface area contributed by atoms with Gasteiger partial charge >= 0.3 is 0 Å². The van der Waals surface area contributed by atoms with E-state index in [9.17, 15) is 9.59 Å². The summed E-state index contributed by atoms with van der Waals surface area (Å²) in [7, 11) is 1.88. The Morgan fingerprint density at radius 3 is 2.68 bits per heavy atom. The van der Waals surface area contributed by atoms with E-state index in [-0.39, 0.29) is 17.6 Å². The van der Waals surface area contributed by atoms with Gasteiger partial charge in [-0.2, -0.15) is 0 Å². The first-order valence-electron chi connectivity index (χ1n) is 6.26. The monoisotopic (exact) mass is 257 g/mol. The van der Waals surface area contributed by atoms with Gasteiger partial charge in [0.15, 0.2) is 5.78 Å². The maximum Gasteiger partial charge on any atom is 0.265 e. The van der Waals surface area contributed by atoms with Crippen LogP contribution in [0.3, 0.4) is 0 Å². The summed E-state index contributed by atoms with van der Waals surface area (Å²) in [6.45, 7) is 0. The van der Waals surface area contributed by atoms with Crippen LogP contribution in [0.5, 0.6) is 0 Å². The standard InChI is InChI=1S/C14H15N3O2/c1-17-11-5-4-9(14(19)16-15)6-10(11)7-12(17)13(18)8-2-3-8/h4-8H,2-3,15H2,1H3,(H,16,19). The lowest BCUT2D eigenvalue weighted by molar-refractivity contribution is 0.0948. The second kappa shape index (κ2) is 4.20. The summed E-state index contributed by atoms with van der Waals surface area (Å²) in [4.78, 5) is 23.6. The van der Waals surface area contributed by atoms with Crippen LogP contribution >= 0.6 is 0 Å². The molecule has 1 aliphatic rings. The molecular weight excluding hydrogens is 242 g/mol. The number of aromatic nitrogens is 1. The van der Waals surface area contributed by atoms with E-state index in [1.54, 1.807) is 12.1 Å². The molecule has 0 atom stereocenters. The highest BCUT2D eigenvalue weighted by Crippen LogP contribution is 2.34. The van der Waals surface area contributed by atoms with Crippen molar-refractivity contribution >= 4 is 22.6 Å². The van der Waals surface area contributed by atoms with Crippen LogP contribution in [-0.2, 0) is 7.05 Å². The van der Waals surface area contributed by atoms with Crippen molar-refractivity contribution < 1.29 is 9.59 Å². The SMILES string of the molecule is Cn1c(C(=O)C2CC2)cc2cc(C(=O)NN)ccc21. The number of nitrogens with zero attached hydrogens (tertiary/aromatic N) is 1. The van der Waals surface area contributed by atoms with Crippen LogP contribution in [0.1, 0.15) is 33.7 Å². The Balaban J connectivity index is 2.09. The predicted octanol–water partition coefficient (Wildman–Crippen LogP) is 1.37. The van der Waals surface area contributed by atoms with Gasteiger partial charge in [-0.15, -0.1) is 0 Å². The van der Waals surface area contributed by atoms with Crippen LogP contribution < -0.4 is 11.3 Å². The molecular formula is C14H15N3O2. The number of aryl methyl sites for hydroxylation is 1. The molecule has 1 aromatic carbocycles. The summed E-state index contributed by atoms with van der Waals surface area (Å²) in [6.07, 6.45) is 1.97. The summed E-state index contributed by atoms with van der Waals surface area (Å²) in [5.41, 5.74) is 4.25. The molecule has 0 bridgehead atoms. The van der Waals surface area contributed by atoms with E-state index >= 15 is 0 Å². The zero-order valence-corrected chi connectivity index (χ0v) is 10.6. The van der Waals surface area contributed by atoms with Crippen molar-refractivity contribution in [2.75, 3.05) is 0 Å². The van der Waals surface area contributed by atoms with Crippen molar-refractivity contribution in [1.29, 1.82) is 0 Å². The highest BCUT2D eigenvalue weighted by molar-refractivity contribution is 6.04. The Hall–Kier alpha value is -2.14. The van der Waals surface area contributed by atoms with Gasteiger partial charge in [0.05, 0.1) is 5.69 Å². The van der Waals surface area contributed by atoms with Gasteiger partial charge in [-0.25, -0.2) is 5.84 Å². The number of carbonyl (C=O) groups excluding carboxylic acids is 2. The zero-order chi connectivity index (χ0) is 13.6. The molecule has 0 saturated heterocycles. The number of Topliss-reactive ketones (excluding diaryl/α,β-unsaturated/α-hetero) is 1. The molecule has 2 aromatic rings. The molecule has 1 heterocycles. The van der Waals surface area contributed by atoms with Gasteiger partial charge in [-0.05, 0) is 37.1 Å². The average Bonchev–Trinajstić information content (AvgIpc) is 3.22. The number of benzene rings is 1. The van der Waals surface area contributed by atoms with Gasteiger partial charge in [-0.3, -0.25) is 15.0 Å². The van der Waals surface area contributed by atoms with Crippen LogP contribution in [0.25, 0.3) is 10.9 Å². The fourth-order valence-electron chi connectivity index (χ4n) is 2.37. The molecule has 1 fully saturated rings. The molecule has 5 heteroatoms. The van der Waals surface area contributed by atoms with Crippen molar-refractivity contribution in [1.82, 2.24) is 9.99 Å². The second-order valence-electron chi connectivity index (χ2n) is 4.97. The average molecular weight is 257 g/mol. The Morgan fingerprint density at radius 2 is 2.05 bits per heavy atom. The minimum atomic E-state index is -0.333. The van der Waals surface area contributed by atoms with E-state index in [4.69, 9.17) is 5.84 Å². The largest absolute Gasteiger partial charge is 0.341 e. The first kappa shape index (κ1) is 11.9. The van der Waals surface area contributed by atoms with Gasteiger partial charge in [0, 0.05) is 29.4 Å². The molecule has 5 nitrogen and oxygen atoms in total. The van der Waals surface area contributed by atoms with Crippen LogP contribution in [0.2, 0.25) is 0 Å². The first-order chi connectivity index (χ1) is 9.11. The predicted molar refractivity (Wildman–Crippen MR) is 71.6 cm³/mol. The lowest BCUT2D eigenvalue weighted by atomic mass is 10.1. The van der Waals surface area contributed by atoms with E-state index in [1.165, 1.54) is 0 Å². The van der Waals surface area contributed by atoms with E-state index in [0.717, 1.165) is 23.7 Å². The minimum absolute atomic E-state index is 0.190. The molecule has 0 aliphatic heterocycles. The number of hydrogen-bond donors (Lipinski definition) is 2. The van der Waals surface area contributed by atoms with Crippen LogP contribution in [0.15, 0.2) is 24.3 Å². The van der Waals surface area contributed by atoms with E-state index in [1.807, 2.05) is 23.7 Å². The van der Waals surface area contributed by atoms with Gasteiger partial charge < -0.3 is 4.57 Å². The third-order valence-electron chi connectivity index (χ3n) is 3.64. The van der Waals surface area contributed by atoms with Crippen molar-refractivity contribution in [3.8, 4) is 0 Å². The Morgan fingerprint density at radius 1 is 1.32 bits per heavy atom. The normalized spacial score (nSPS) is 14.6. The molecule has 19 heavy (non-hydrogen) atoms. The summed E-state index contributed by atoms with van der Waals surface area (Å²) < 4.78 is 1.89. The van der Waals surface area contributed by atoms with E-state index in [2.05, 4.69) is 5.43 Å². The lowest BCUT2D eigenvalue weighted by Crippen LogP contribution is -2.29. The maximum atomic E-state index is 12.2. The topological polar surface area (TPSA) is 77.1 Å². The van der Waals surface area contributed by atoms with Crippen molar-refractivity contribution in [2.45, 2.75) is 12.8 Å². The van der Waals surface area contributed by atoms with Crippen molar-refractivity contribution in [3.63, 3.8) is 0 Å². The van der Waals surface area contributed by atoms with Gasteiger partial charge in [0.1, 0.15) is 0 Å². The number of hydrogen-bond acceptors (Lipinski definition) is 3. The number of nitrogens with one attached hydrogen (secondary N) is 1. The first-order valence-corrected chi connectivity index (χ1v) is 6.26. The summed E-state index contributed by atoms with van der Waals surface area (Å²) in [5, 5.41) is 0.882. The second-order valence-corrected chi connectivity index (χ2v) is 4.97. The van der Waals surface area contributed by atoms with Gasteiger partial charge in [-0.1, -0.05) is 0 Å². The molecule has 0 radical (unpaired) electrons. The van der Waals surface area contributed by atoms with Crippen LogP contribution in [-0.4, -0.2) is 16.3 Å². The van der Waals surface area contributed by atoms with Crippen LogP contribution in [0.4, 0.5) is 0 Å². The number of carbonyl (C=O) groups is 2. The van der Waals surface area contributed by atoms with E-state index < -0.39 is 0 Å². The Labute approximate surface area is 110 Å². The number of amides is 1. The number of fused-ring (bicyclic) bond motifs is 1. The Kier molecular flexibility index (Phi) is 2.64. The molecule has 98 valence electrons. The summed E-state index contributed by atoms with van der Waals surface area (Å²) in [5.74, 6) is 5.18. The maximum absolute atomic E-state index is 12.2. The molecule has 3 N–H and O–H groups in total. The van der Waals surface area contributed by atoms with Crippen LogP contribution in [0, 0.1) is 5.92 Å². The van der Waals surface area contributed by atoms with Crippen molar-refractivity contribution in [3.05, 3.63) is 35.5 Å². The smallest absolute Gasteiger partial charge is 0.265 e. The van der Waals surface area contributed by atoms with Gasteiger partial charge in [0.2, 0.25) is 0 Å². The fraction of sp³-hybridized carbons (Fsp3) is 0.286. The molecule has 1 aliphatic carbocycles. The number of hydrazine groups is 1. The highest BCUT2D eigenvalue weighted by Gasteiger charge is 2.32. The molecule has 0 spiro atoms. The Bertz CT molecular complexity index is 683. The number of nitrogen functional groups attached to an aromatic ring is 1. The number of nitrogens with two attached hydrogens (primary N) is 1. The minimum Gasteiger partial charge on any atom is -0.341 e. The molecule has 1 saturated carbocycles. The summed E-state index contributed by atoms with van der Waals surface area (Å²) >= 11 is 0. The molecule has 1 aromatic heterocycles. The third-order valence-corrected chi connectivity index (χ3v) is 3.64. The molecule has 0 unspecified atom stereocenters. The zero-order valence-electron chi connectivity index (χ0n) is 10.6. The van der Waals surface area contributed by atoms with E-state index in [0.29, 0.717) is 11.3 Å².